The van der Waals surface area contributed by atoms with Crippen molar-refractivity contribution in [3.05, 3.63) is 22.9 Å². The van der Waals surface area contributed by atoms with Crippen molar-refractivity contribution in [2.75, 3.05) is 6.61 Å². The molecular weight excluding hydrogens is 240 g/mol. The minimum atomic E-state index is -0.743. The standard InChI is InChI=1S/C10H12N4O4/c15-4-7-6(16)1-8(18-7)14-9-5(3-12-14)2-11-10(17)13-9/h2-3,6-8,15-16H,1,4H2,(H,11,13,17)/t6-,7+,8+/m0/s1. The van der Waals surface area contributed by atoms with Crippen LogP contribution in [0.3, 0.4) is 0 Å². The van der Waals surface area contributed by atoms with E-state index in [-0.39, 0.29) is 6.61 Å². The van der Waals surface area contributed by atoms with Crippen molar-refractivity contribution in [2.24, 2.45) is 0 Å². The van der Waals surface area contributed by atoms with Gasteiger partial charge in [0.15, 0.2) is 6.23 Å². The molecule has 3 rings (SSSR count). The van der Waals surface area contributed by atoms with E-state index < -0.39 is 24.1 Å². The predicted molar refractivity (Wildman–Crippen MR) is 59.8 cm³/mol. The third kappa shape index (κ3) is 1.70. The second-order valence-electron chi connectivity index (χ2n) is 4.20. The van der Waals surface area contributed by atoms with Gasteiger partial charge < -0.3 is 14.9 Å². The summed E-state index contributed by atoms with van der Waals surface area (Å²) >= 11 is 0. The predicted octanol–water partition coefficient (Wildman–Crippen LogP) is -1.24. The quantitative estimate of drug-likeness (QED) is 0.616. The Hall–Kier alpha value is -1.77. The Kier molecular flexibility index (Phi) is 2.62. The minimum absolute atomic E-state index is 0.255. The van der Waals surface area contributed by atoms with Crippen LogP contribution in [0.25, 0.3) is 11.0 Å². The van der Waals surface area contributed by atoms with Gasteiger partial charge in [0.25, 0.3) is 0 Å². The number of nitrogens with one attached hydrogen (secondary N) is 1. The second-order valence-corrected chi connectivity index (χ2v) is 4.20. The zero-order valence-electron chi connectivity index (χ0n) is 9.35. The third-order valence-corrected chi connectivity index (χ3v) is 3.03. The van der Waals surface area contributed by atoms with Crippen LogP contribution in [0.4, 0.5) is 0 Å². The number of aromatic amines is 1. The van der Waals surface area contributed by atoms with Crippen molar-refractivity contribution >= 4 is 11.0 Å². The number of aliphatic hydroxyl groups is 2. The summed E-state index contributed by atoms with van der Waals surface area (Å²) in [4.78, 5) is 17.4. The highest BCUT2D eigenvalue weighted by molar-refractivity contribution is 5.72. The summed E-state index contributed by atoms with van der Waals surface area (Å²) in [6.07, 6.45) is 1.42. The number of aromatic nitrogens is 4. The van der Waals surface area contributed by atoms with Crippen LogP contribution in [0.1, 0.15) is 12.6 Å². The van der Waals surface area contributed by atoms with Crippen LogP contribution < -0.4 is 5.69 Å². The lowest BCUT2D eigenvalue weighted by Crippen LogP contribution is -2.24. The largest absolute Gasteiger partial charge is 0.394 e. The summed E-state index contributed by atoms with van der Waals surface area (Å²) in [6.45, 7) is -0.255. The Morgan fingerprint density at radius 2 is 2.39 bits per heavy atom. The number of nitrogens with zero attached hydrogens (tertiary/aromatic N) is 3. The lowest BCUT2D eigenvalue weighted by atomic mass is 10.2. The molecule has 3 N–H and O–H groups in total. The molecule has 2 aromatic rings. The number of aliphatic hydroxyl groups excluding tert-OH is 2. The molecule has 2 aromatic heterocycles. The number of hydrogen-bond donors (Lipinski definition) is 3. The Bertz CT molecular complexity index is 622. The monoisotopic (exact) mass is 252 g/mol. The van der Waals surface area contributed by atoms with Gasteiger partial charge in [0.1, 0.15) is 11.8 Å². The maximum Gasteiger partial charge on any atom is 0.346 e. The van der Waals surface area contributed by atoms with E-state index >= 15 is 0 Å². The van der Waals surface area contributed by atoms with E-state index in [1.165, 1.54) is 10.9 Å². The van der Waals surface area contributed by atoms with Gasteiger partial charge in [-0.2, -0.15) is 5.10 Å². The van der Waals surface area contributed by atoms with Gasteiger partial charge in [0.2, 0.25) is 0 Å². The molecule has 0 radical (unpaired) electrons. The zero-order valence-corrected chi connectivity index (χ0v) is 9.35. The zero-order chi connectivity index (χ0) is 12.7. The van der Waals surface area contributed by atoms with E-state index in [2.05, 4.69) is 15.1 Å². The van der Waals surface area contributed by atoms with Gasteiger partial charge in [0.05, 0.1) is 24.3 Å². The first-order valence-corrected chi connectivity index (χ1v) is 5.56. The van der Waals surface area contributed by atoms with Crippen molar-refractivity contribution in [3.63, 3.8) is 0 Å². The molecule has 0 bridgehead atoms. The van der Waals surface area contributed by atoms with Crippen LogP contribution in [-0.2, 0) is 4.74 Å². The topological polar surface area (TPSA) is 113 Å². The Morgan fingerprint density at radius 1 is 1.56 bits per heavy atom. The van der Waals surface area contributed by atoms with Gasteiger partial charge in [-0.15, -0.1) is 0 Å². The fourth-order valence-electron chi connectivity index (χ4n) is 2.11. The van der Waals surface area contributed by atoms with E-state index in [0.717, 1.165) is 0 Å². The van der Waals surface area contributed by atoms with Crippen LogP contribution in [0.15, 0.2) is 17.2 Å². The van der Waals surface area contributed by atoms with Gasteiger partial charge in [-0.05, 0) is 0 Å². The first kappa shape index (κ1) is 11.3. The molecule has 0 spiro atoms. The molecule has 0 aliphatic carbocycles. The summed E-state index contributed by atoms with van der Waals surface area (Å²) < 4.78 is 6.96. The van der Waals surface area contributed by atoms with Crippen LogP contribution >= 0.6 is 0 Å². The summed E-state index contributed by atoms with van der Waals surface area (Å²) in [7, 11) is 0. The number of ether oxygens (including phenoxy) is 1. The molecule has 1 saturated heterocycles. The van der Waals surface area contributed by atoms with Gasteiger partial charge in [0, 0.05) is 12.6 Å². The summed E-state index contributed by atoms with van der Waals surface area (Å²) in [6, 6.07) is 0. The van der Waals surface area contributed by atoms with E-state index in [4.69, 9.17) is 9.84 Å². The van der Waals surface area contributed by atoms with Crippen molar-refractivity contribution in [3.8, 4) is 0 Å². The average molecular weight is 252 g/mol. The maximum atomic E-state index is 11.2. The molecule has 0 unspecified atom stereocenters. The molecule has 3 heterocycles. The number of rotatable bonds is 2. The number of H-pyrrole nitrogens is 1. The van der Waals surface area contributed by atoms with Crippen LogP contribution in [0.2, 0.25) is 0 Å². The fraction of sp³-hybridized carbons (Fsp3) is 0.500. The molecule has 18 heavy (non-hydrogen) atoms. The van der Waals surface area contributed by atoms with Crippen molar-refractivity contribution < 1.29 is 14.9 Å². The average Bonchev–Trinajstić information content (AvgIpc) is 2.91. The first-order valence-electron chi connectivity index (χ1n) is 5.56. The Labute approximate surface area is 101 Å². The van der Waals surface area contributed by atoms with Crippen LogP contribution in [0, 0.1) is 0 Å². The fourth-order valence-corrected chi connectivity index (χ4v) is 2.11. The molecule has 0 aromatic carbocycles. The van der Waals surface area contributed by atoms with E-state index in [0.29, 0.717) is 17.5 Å². The van der Waals surface area contributed by atoms with E-state index in [1.54, 1.807) is 6.20 Å². The van der Waals surface area contributed by atoms with Crippen molar-refractivity contribution in [1.82, 2.24) is 19.7 Å². The highest BCUT2D eigenvalue weighted by atomic mass is 16.5. The van der Waals surface area contributed by atoms with Crippen LogP contribution in [-0.4, -0.2) is 48.8 Å². The number of hydrogen-bond acceptors (Lipinski definition) is 6. The first-order chi connectivity index (χ1) is 8.69. The van der Waals surface area contributed by atoms with Crippen LogP contribution in [0.5, 0.6) is 0 Å². The van der Waals surface area contributed by atoms with E-state index in [9.17, 15) is 9.90 Å². The normalized spacial score (nSPS) is 28.0. The highest BCUT2D eigenvalue weighted by Gasteiger charge is 2.35. The lowest BCUT2D eigenvalue weighted by Gasteiger charge is -2.12. The van der Waals surface area contributed by atoms with Gasteiger partial charge in [-0.3, -0.25) is 4.98 Å². The Morgan fingerprint density at radius 3 is 3.11 bits per heavy atom. The number of fused-ring (bicyclic) bond motifs is 1. The molecular formula is C10H12N4O4. The molecule has 8 heteroatoms. The molecule has 8 nitrogen and oxygen atoms in total. The molecule has 0 amide bonds. The molecule has 0 saturated carbocycles. The third-order valence-electron chi connectivity index (χ3n) is 3.03. The van der Waals surface area contributed by atoms with Crippen molar-refractivity contribution in [2.45, 2.75) is 24.9 Å². The van der Waals surface area contributed by atoms with Crippen molar-refractivity contribution in [1.29, 1.82) is 0 Å². The molecule has 1 fully saturated rings. The SMILES string of the molecule is O=c1ncc2cnn([C@H]3C[C@H](O)[C@@H](CO)O3)c2[nH]1. The van der Waals surface area contributed by atoms with Gasteiger partial charge in [-0.25, -0.2) is 14.5 Å². The minimum Gasteiger partial charge on any atom is -0.394 e. The lowest BCUT2D eigenvalue weighted by molar-refractivity contribution is -0.0470. The van der Waals surface area contributed by atoms with Gasteiger partial charge in [-0.1, -0.05) is 0 Å². The summed E-state index contributed by atoms with van der Waals surface area (Å²) in [5.41, 5.74) is 0.0206. The molecule has 96 valence electrons. The summed E-state index contributed by atoms with van der Waals surface area (Å²) in [5, 5.41) is 23.5. The molecule has 3 atom stereocenters. The second kappa shape index (κ2) is 4.16. The van der Waals surface area contributed by atoms with E-state index in [1.807, 2.05) is 0 Å². The summed E-state index contributed by atoms with van der Waals surface area (Å²) in [5.74, 6) is 0. The molecule has 1 aliphatic heterocycles. The Balaban J connectivity index is 2.00. The van der Waals surface area contributed by atoms with Gasteiger partial charge >= 0.3 is 5.69 Å². The maximum absolute atomic E-state index is 11.2. The molecule has 1 aliphatic rings. The highest BCUT2D eigenvalue weighted by Crippen LogP contribution is 2.29. The smallest absolute Gasteiger partial charge is 0.346 e.